The van der Waals surface area contributed by atoms with Crippen molar-refractivity contribution in [2.75, 3.05) is 7.11 Å². The molecule has 0 aliphatic heterocycles. The highest BCUT2D eigenvalue weighted by Crippen LogP contribution is 2.24. The number of aliphatic imine (C=N–C) groups is 1. The van der Waals surface area contributed by atoms with Crippen LogP contribution in [0.3, 0.4) is 0 Å². The van der Waals surface area contributed by atoms with Crippen LogP contribution in [0.2, 0.25) is 0 Å². The highest BCUT2D eigenvalue weighted by Gasteiger charge is 2.04. The normalized spacial score (nSPS) is 11.8. The lowest BCUT2D eigenvalue weighted by Gasteiger charge is -2.02. The van der Waals surface area contributed by atoms with Crippen LogP contribution >= 0.6 is 11.3 Å². The molecule has 1 heterocycles. The van der Waals surface area contributed by atoms with Crippen LogP contribution in [0.25, 0.3) is 10.1 Å². The number of thiophene rings is 1. The zero-order chi connectivity index (χ0) is 18.4. The van der Waals surface area contributed by atoms with E-state index in [1.165, 1.54) is 11.8 Å². The van der Waals surface area contributed by atoms with Crippen molar-refractivity contribution in [3.63, 3.8) is 0 Å². The minimum absolute atomic E-state index is 0.220. The van der Waals surface area contributed by atoms with Crippen LogP contribution in [0.4, 0.5) is 0 Å². The predicted molar refractivity (Wildman–Crippen MR) is 106 cm³/mol. The lowest BCUT2D eigenvalue weighted by molar-refractivity contribution is 0.0600. The van der Waals surface area contributed by atoms with Crippen molar-refractivity contribution < 1.29 is 9.53 Å². The Kier molecular flexibility index (Phi) is 5.60. The monoisotopic (exact) mass is 366 g/mol. The molecule has 0 radical (unpaired) electrons. The molecule has 0 saturated carbocycles. The number of nitrogens with two attached hydrogens (primary N) is 1. The van der Waals surface area contributed by atoms with Crippen molar-refractivity contribution >= 4 is 39.6 Å². The number of guanidine groups is 1. The molecule has 6 nitrogen and oxygen atoms in total. The number of fused-ring (bicyclic) bond motifs is 1. The van der Waals surface area contributed by atoms with Gasteiger partial charge in [-0.2, -0.15) is 5.10 Å². The molecule has 0 unspecified atom stereocenters. The standard InChI is InChI=1S/C19H18N4O2S/c1-25-18(24)14-8-6-13(7-9-14)10-21-19(20)23-22-11-15-12-26-17-5-3-2-4-16(15)17/h2-9,11-12H,10H2,1H3,(H3,20,21,23)/b22-11+. The first-order valence-corrected chi connectivity index (χ1v) is 8.78. The van der Waals surface area contributed by atoms with Crippen LogP contribution in [0.15, 0.2) is 64.0 Å². The summed E-state index contributed by atoms with van der Waals surface area (Å²) < 4.78 is 5.88. The zero-order valence-corrected chi connectivity index (χ0v) is 15.0. The maximum atomic E-state index is 11.4. The van der Waals surface area contributed by atoms with Crippen molar-refractivity contribution in [3.8, 4) is 0 Å². The van der Waals surface area contributed by atoms with Gasteiger partial charge in [-0.1, -0.05) is 30.3 Å². The van der Waals surface area contributed by atoms with E-state index in [1.54, 1.807) is 29.7 Å². The summed E-state index contributed by atoms with van der Waals surface area (Å²) in [6.07, 6.45) is 1.73. The Morgan fingerprint density at radius 2 is 2.00 bits per heavy atom. The van der Waals surface area contributed by atoms with E-state index in [4.69, 9.17) is 5.73 Å². The summed E-state index contributed by atoms with van der Waals surface area (Å²) in [7, 11) is 1.35. The number of nitrogens with one attached hydrogen (secondary N) is 1. The molecule has 3 aromatic rings. The van der Waals surface area contributed by atoms with Gasteiger partial charge in [-0.05, 0) is 23.8 Å². The third-order valence-corrected chi connectivity index (χ3v) is 4.68. The van der Waals surface area contributed by atoms with Crippen molar-refractivity contribution in [1.82, 2.24) is 5.43 Å². The van der Waals surface area contributed by atoms with Gasteiger partial charge in [-0.3, -0.25) is 0 Å². The average molecular weight is 366 g/mol. The van der Waals surface area contributed by atoms with E-state index < -0.39 is 0 Å². The Hall–Kier alpha value is -3.19. The molecule has 0 fully saturated rings. The SMILES string of the molecule is COC(=O)c1ccc(CN=C(N)N/N=C/c2csc3ccccc23)cc1. The first-order chi connectivity index (χ1) is 12.7. The predicted octanol–water partition coefficient (Wildman–Crippen LogP) is 3.13. The Morgan fingerprint density at radius 3 is 2.77 bits per heavy atom. The van der Waals surface area contributed by atoms with Crippen LogP contribution in [-0.4, -0.2) is 25.3 Å². The molecule has 0 saturated heterocycles. The number of rotatable bonds is 5. The third-order valence-electron chi connectivity index (χ3n) is 3.70. The summed E-state index contributed by atoms with van der Waals surface area (Å²) in [5, 5.41) is 7.34. The third kappa shape index (κ3) is 4.25. The Labute approximate surface area is 155 Å². The highest BCUT2D eigenvalue weighted by atomic mass is 32.1. The molecule has 0 atom stereocenters. The molecule has 0 aliphatic rings. The molecule has 0 bridgehead atoms. The molecule has 26 heavy (non-hydrogen) atoms. The number of methoxy groups -OCH3 is 1. The molecule has 132 valence electrons. The number of hydrazone groups is 1. The van der Waals surface area contributed by atoms with Gasteiger partial charge < -0.3 is 10.5 Å². The van der Waals surface area contributed by atoms with Crippen LogP contribution < -0.4 is 11.2 Å². The topological polar surface area (TPSA) is 89.1 Å². The van der Waals surface area contributed by atoms with Gasteiger partial charge in [-0.15, -0.1) is 11.3 Å². The smallest absolute Gasteiger partial charge is 0.337 e. The van der Waals surface area contributed by atoms with Crippen molar-refractivity contribution in [1.29, 1.82) is 0 Å². The number of carbonyl (C=O) groups is 1. The second kappa shape index (κ2) is 8.26. The first kappa shape index (κ1) is 17.6. The quantitative estimate of drug-likeness (QED) is 0.314. The Balaban J connectivity index is 1.57. The van der Waals surface area contributed by atoms with E-state index in [2.05, 4.69) is 32.4 Å². The van der Waals surface area contributed by atoms with Gasteiger partial charge in [0.15, 0.2) is 0 Å². The van der Waals surface area contributed by atoms with Crippen molar-refractivity contribution in [2.45, 2.75) is 6.54 Å². The second-order valence-electron chi connectivity index (χ2n) is 5.45. The number of benzene rings is 2. The first-order valence-electron chi connectivity index (χ1n) is 7.90. The Bertz CT molecular complexity index is 961. The number of ether oxygens (including phenoxy) is 1. The molecule has 1 aromatic heterocycles. The zero-order valence-electron chi connectivity index (χ0n) is 14.2. The summed E-state index contributed by atoms with van der Waals surface area (Å²) in [5.74, 6) is -0.144. The van der Waals surface area contributed by atoms with Gasteiger partial charge in [0.25, 0.3) is 0 Å². The van der Waals surface area contributed by atoms with Gasteiger partial charge in [0.1, 0.15) is 0 Å². The number of esters is 1. The van der Waals surface area contributed by atoms with Gasteiger partial charge in [0.2, 0.25) is 5.96 Å². The molecule has 3 rings (SSSR count). The summed E-state index contributed by atoms with van der Waals surface area (Å²) in [6.45, 7) is 0.386. The number of nitrogens with zero attached hydrogens (tertiary/aromatic N) is 2. The number of carbonyl (C=O) groups excluding carboxylic acids is 1. The summed E-state index contributed by atoms with van der Waals surface area (Å²) in [4.78, 5) is 15.6. The fourth-order valence-electron chi connectivity index (χ4n) is 2.34. The fraction of sp³-hybridized carbons (Fsp3) is 0.105. The molecular weight excluding hydrogens is 348 g/mol. The fourth-order valence-corrected chi connectivity index (χ4v) is 3.25. The molecule has 2 aromatic carbocycles. The molecule has 0 aliphatic carbocycles. The van der Waals surface area contributed by atoms with E-state index in [0.29, 0.717) is 12.1 Å². The minimum atomic E-state index is -0.364. The van der Waals surface area contributed by atoms with Gasteiger partial charge in [0, 0.05) is 21.0 Å². The maximum absolute atomic E-state index is 11.4. The van der Waals surface area contributed by atoms with Crippen LogP contribution in [0.1, 0.15) is 21.5 Å². The van der Waals surface area contributed by atoms with Gasteiger partial charge >= 0.3 is 5.97 Å². The Morgan fingerprint density at radius 1 is 1.23 bits per heavy atom. The second-order valence-corrected chi connectivity index (χ2v) is 6.36. The average Bonchev–Trinajstić information content (AvgIpc) is 3.09. The molecule has 0 amide bonds. The minimum Gasteiger partial charge on any atom is -0.465 e. The number of hydrogen-bond donors (Lipinski definition) is 2. The van der Waals surface area contributed by atoms with E-state index in [0.717, 1.165) is 16.5 Å². The van der Waals surface area contributed by atoms with Crippen LogP contribution in [0, 0.1) is 0 Å². The van der Waals surface area contributed by atoms with Gasteiger partial charge in [0.05, 0.1) is 25.4 Å². The number of hydrogen-bond acceptors (Lipinski definition) is 5. The summed E-state index contributed by atoms with van der Waals surface area (Å²) in [6, 6.07) is 15.2. The maximum Gasteiger partial charge on any atom is 0.337 e. The summed E-state index contributed by atoms with van der Waals surface area (Å²) >= 11 is 1.67. The van der Waals surface area contributed by atoms with E-state index in [9.17, 15) is 4.79 Å². The van der Waals surface area contributed by atoms with Crippen LogP contribution in [-0.2, 0) is 11.3 Å². The van der Waals surface area contributed by atoms with Crippen molar-refractivity contribution in [3.05, 3.63) is 70.6 Å². The van der Waals surface area contributed by atoms with Crippen molar-refractivity contribution in [2.24, 2.45) is 15.8 Å². The van der Waals surface area contributed by atoms with Gasteiger partial charge in [-0.25, -0.2) is 15.2 Å². The molecule has 7 heteroatoms. The lowest BCUT2D eigenvalue weighted by Crippen LogP contribution is -2.27. The largest absolute Gasteiger partial charge is 0.465 e. The van der Waals surface area contributed by atoms with E-state index in [1.807, 2.05) is 29.6 Å². The highest BCUT2D eigenvalue weighted by molar-refractivity contribution is 7.17. The van der Waals surface area contributed by atoms with Crippen LogP contribution in [0.5, 0.6) is 0 Å². The lowest BCUT2D eigenvalue weighted by atomic mass is 10.1. The van der Waals surface area contributed by atoms with E-state index >= 15 is 0 Å². The van der Waals surface area contributed by atoms with E-state index in [-0.39, 0.29) is 11.9 Å². The molecular formula is C19H18N4O2S. The molecule has 0 spiro atoms. The molecule has 3 N–H and O–H groups in total. The summed E-state index contributed by atoms with van der Waals surface area (Å²) in [5.41, 5.74) is 11.0.